The number of aryl methyl sites for hydroxylation is 2. The fraction of sp³-hybridized carbons (Fsp3) is 0.200. The SMILES string of the molecule is Cc1csc(CCCCNC(=O)/C=C/c2cn(-c3ccccc3)nc2-c2cccnc2)n1. The lowest BCUT2D eigenvalue weighted by Crippen LogP contribution is -2.22. The van der Waals surface area contributed by atoms with E-state index in [0.717, 1.165) is 52.5 Å². The Hall–Kier alpha value is -3.58. The Bertz CT molecular complexity index is 1180. The van der Waals surface area contributed by atoms with Crippen molar-refractivity contribution < 1.29 is 4.79 Å². The Kier molecular flexibility index (Phi) is 7.19. The van der Waals surface area contributed by atoms with E-state index in [1.165, 1.54) is 0 Å². The van der Waals surface area contributed by atoms with Gasteiger partial charge in [0.05, 0.1) is 10.7 Å². The number of pyridine rings is 1. The maximum atomic E-state index is 12.3. The zero-order chi connectivity index (χ0) is 22.2. The summed E-state index contributed by atoms with van der Waals surface area (Å²) in [5.41, 5.74) is 4.57. The van der Waals surface area contributed by atoms with Crippen LogP contribution in [0.25, 0.3) is 23.0 Å². The molecule has 0 saturated carbocycles. The van der Waals surface area contributed by atoms with Crippen molar-refractivity contribution >= 4 is 23.3 Å². The predicted molar refractivity (Wildman–Crippen MR) is 129 cm³/mol. The molecule has 4 aromatic rings. The number of amides is 1. The number of hydrogen-bond acceptors (Lipinski definition) is 5. The van der Waals surface area contributed by atoms with Gasteiger partial charge >= 0.3 is 0 Å². The lowest BCUT2D eigenvalue weighted by molar-refractivity contribution is -0.116. The number of para-hydroxylation sites is 1. The van der Waals surface area contributed by atoms with Gasteiger partial charge in [0.2, 0.25) is 5.91 Å². The molecule has 0 atom stereocenters. The van der Waals surface area contributed by atoms with Crippen molar-refractivity contribution in [2.75, 3.05) is 6.54 Å². The molecule has 0 aliphatic rings. The van der Waals surface area contributed by atoms with Crippen molar-refractivity contribution in [2.24, 2.45) is 0 Å². The van der Waals surface area contributed by atoms with Crippen LogP contribution in [-0.2, 0) is 11.2 Å². The van der Waals surface area contributed by atoms with Gasteiger partial charge in [-0.2, -0.15) is 5.10 Å². The molecule has 0 aliphatic carbocycles. The molecule has 6 nitrogen and oxygen atoms in total. The third kappa shape index (κ3) is 5.76. The second-order valence-corrected chi connectivity index (χ2v) is 8.36. The summed E-state index contributed by atoms with van der Waals surface area (Å²) in [7, 11) is 0. The van der Waals surface area contributed by atoms with Crippen molar-refractivity contribution in [3.63, 3.8) is 0 Å². The Morgan fingerprint density at radius 1 is 1.16 bits per heavy atom. The summed E-state index contributed by atoms with van der Waals surface area (Å²) in [5.74, 6) is -0.111. The second-order valence-electron chi connectivity index (χ2n) is 7.42. The molecule has 0 saturated heterocycles. The molecule has 0 fully saturated rings. The first-order valence-electron chi connectivity index (χ1n) is 10.6. The lowest BCUT2D eigenvalue weighted by atomic mass is 10.1. The van der Waals surface area contributed by atoms with Crippen LogP contribution in [0.4, 0.5) is 0 Å². The highest BCUT2D eigenvalue weighted by Gasteiger charge is 2.11. The fourth-order valence-electron chi connectivity index (χ4n) is 3.30. The minimum atomic E-state index is -0.111. The highest BCUT2D eigenvalue weighted by molar-refractivity contribution is 7.09. The van der Waals surface area contributed by atoms with Gasteiger partial charge in [0.25, 0.3) is 0 Å². The summed E-state index contributed by atoms with van der Waals surface area (Å²) in [6.45, 7) is 2.65. The average molecular weight is 444 g/mol. The Morgan fingerprint density at radius 2 is 2.03 bits per heavy atom. The molecule has 0 radical (unpaired) electrons. The van der Waals surface area contributed by atoms with Gasteiger partial charge in [-0.25, -0.2) is 9.67 Å². The first kappa shape index (κ1) is 21.6. The molecule has 1 aromatic carbocycles. The van der Waals surface area contributed by atoms with Crippen LogP contribution in [0.2, 0.25) is 0 Å². The van der Waals surface area contributed by atoms with Crippen molar-refractivity contribution in [3.8, 4) is 16.9 Å². The van der Waals surface area contributed by atoms with E-state index in [4.69, 9.17) is 5.10 Å². The number of benzene rings is 1. The molecular weight excluding hydrogens is 418 g/mol. The highest BCUT2D eigenvalue weighted by atomic mass is 32.1. The smallest absolute Gasteiger partial charge is 0.244 e. The summed E-state index contributed by atoms with van der Waals surface area (Å²) >= 11 is 1.70. The van der Waals surface area contributed by atoms with Crippen molar-refractivity contribution in [1.82, 2.24) is 25.1 Å². The second kappa shape index (κ2) is 10.6. The molecule has 1 N–H and O–H groups in total. The van der Waals surface area contributed by atoms with Crippen LogP contribution in [0.1, 0.15) is 29.1 Å². The van der Waals surface area contributed by atoms with Gasteiger partial charge in [0, 0.05) is 53.4 Å². The van der Waals surface area contributed by atoms with Crippen molar-refractivity contribution in [1.29, 1.82) is 0 Å². The maximum absolute atomic E-state index is 12.3. The first-order valence-corrected chi connectivity index (χ1v) is 11.5. The summed E-state index contributed by atoms with van der Waals surface area (Å²) in [5, 5.41) is 10.9. The van der Waals surface area contributed by atoms with E-state index < -0.39 is 0 Å². The van der Waals surface area contributed by atoms with Crippen LogP contribution in [0.5, 0.6) is 0 Å². The monoisotopic (exact) mass is 443 g/mol. The van der Waals surface area contributed by atoms with Crippen LogP contribution in [0.15, 0.2) is 72.5 Å². The van der Waals surface area contributed by atoms with Gasteiger partial charge in [0.1, 0.15) is 5.69 Å². The van der Waals surface area contributed by atoms with Crippen LogP contribution in [0, 0.1) is 6.92 Å². The number of hydrogen-bond donors (Lipinski definition) is 1. The van der Waals surface area contributed by atoms with Gasteiger partial charge in [-0.1, -0.05) is 18.2 Å². The molecule has 4 rings (SSSR count). The summed E-state index contributed by atoms with van der Waals surface area (Å²) in [6.07, 6.45) is 11.7. The fourth-order valence-corrected chi connectivity index (χ4v) is 4.12. The summed E-state index contributed by atoms with van der Waals surface area (Å²) in [6, 6.07) is 13.7. The molecule has 3 aromatic heterocycles. The van der Waals surface area contributed by atoms with E-state index in [1.807, 2.05) is 66.3 Å². The molecule has 0 unspecified atom stereocenters. The van der Waals surface area contributed by atoms with Gasteiger partial charge in [-0.3, -0.25) is 9.78 Å². The topological polar surface area (TPSA) is 72.7 Å². The number of nitrogens with one attached hydrogen (secondary N) is 1. The normalized spacial score (nSPS) is 11.2. The first-order chi connectivity index (χ1) is 15.7. The molecule has 0 spiro atoms. The third-order valence-corrected chi connectivity index (χ3v) is 5.92. The van der Waals surface area contributed by atoms with E-state index >= 15 is 0 Å². The minimum Gasteiger partial charge on any atom is -0.353 e. The molecule has 7 heteroatoms. The van der Waals surface area contributed by atoms with Crippen molar-refractivity contribution in [2.45, 2.75) is 26.2 Å². The quantitative estimate of drug-likeness (QED) is 0.296. The largest absolute Gasteiger partial charge is 0.353 e. The predicted octanol–water partition coefficient (Wildman–Crippen LogP) is 4.85. The van der Waals surface area contributed by atoms with Gasteiger partial charge in [-0.05, 0) is 56.5 Å². The Labute approximate surface area is 191 Å². The number of unbranched alkanes of at least 4 members (excludes halogenated alkanes) is 1. The Balaban J connectivity index is 1.38. The summed E-state index contributed by atoms with van der Waals surface area (Å²) < 4.78 is 1.82. The third-order valence-electron chi connectivity index (χ3n) is 4.90. The molecule has 0 aliphatic heterocycles. The number of carbonyl (C=O) groups is 1. The average Bonchev–Trinajstić information content (AvgIpc) is 3.45. The number of aromatic nitrogens is 4. The van der Waals surface area contributed by atoms with E-state index in [9.17, 15) is 4.79 Å². The van der Waals surface area contributed by atoms with E-state index in [-0.39, 0.29) is 5.91 Å². The van der Waals surface area contributed by atoms with Crippen molar-refractivity contribution in [3.05, 3.63) is 88.8 Å². The van der Waals surface area contributed by atoms with E-state index in [0.29, 0.717) is 6.54 Å². The van der Waals surface area contributed by atoms with Crippen LogP contribution in [0.3, 0.4) is 0 Å². The Morgan fingerprint density at radius 3 is 2.78 bits per heavy atom. The van der Waals surface area contributed by atoms with E-state index in [1.54, 1.807) is 29.8 Å². The molecule has 0 bridgehead atoms. The highest BCUT2D eigenvalue weighted by Crippen LogP contribution is 2.24. The lowest BCUT2D eigenvalue weighted by Gasteiger charge is -2.01. The molecule has 162 valence electrons. The number of rotatable bonds is 9. The summed E-state index contributed by atoms with van der Waals surface area (Å²) in [4.78, 5) is 21.0. The van der Waals surface area contributed by atoms with Crippen LogP contribution in [-0.4, -0.2) is 32.2 Å². The minimum absolute atomic E-state index is 0.111. The number of carbonyl (C=O) groups excluding carboxylic acids is 1. The molecule has 32 heavy (non-hydrogen) atoms. The van der Waals surface area contributed by atoms with Crippen LogP contribution >= 0.6 is 11.3 Å². The van der Waals surface area contributed by atoms with E-state index in [2.05, 4.69) is 20.7 Å². The standard InChI is InChI=1S/C25H25N5OS/c1-19-18-32-24(28-19)11-5-6-15-27-23(31)13-12-21-17-30(22-9-3-2-4-10-22)29-25(21)20-8-7-14-26-16-20/h2-4,7-10,12-14,16-18H,5-6,11,15H2,1H3,(H,27,31)/b13-12+. The van der Waals surface area contributed by atoms with Crippen LogP contribution < -0.4 is 5.32 Å². The van der Waals surface area contributed by atoms with Gasteiger partial charge in [0.15, 0.2) is 0 Å². The molecule has 3 heterocycles. The van der Waals surface area contributed by atoms with Gasteiger partial charge < -0.3 is 5.32 Å². The molecular formula is C25H25N5OS. The van der Waals surface area contributed by atoms with Gasteiger partial charge in [-0.15, -0.1) is 11.3 Å². The number of nitrogens with zero attached hydrogens (tertiary/aromatic N) is 4. The maximum Gasteiger partial charge on any atom is 0.244 e. The zero-order valence-electron chi connectivity index (χ0n) is 17.9. The molecule has 1 amide bonds. The zero-order valence-corrected chi connectivity index (χ0v) is 18.8. The number of thiazole rings is 1.